The third-order valence-electron chi connectivity index (χ3n) is 6.18. The molecule has 3 rings (SSSR count). The summed E-state index contributed by atoms with van der Waals surface area (Å²) in [5.41, 5.74) is 0. The van der Waals surface area contributed by atoms with Crippen molar-refractivity contribution in [3.63, 3.8) is 0 Å². The molecule has 28 heavy (non-hydrogen) atoms. The largest absolute Gasteiger partial charge is 0.385 e. The fourth-order valence-corrected chi connectivity index (χ4v) is 6.19. The number of rotatable bonds is 7. The quantitative estimate of drug-likeness (QED) is 0.616. The summed E-state index contributed by atoms with van der Waals surface area (Å²) in [6, 6.07) is -0.563. The van der Waals surface area contributed by atoms with Gasteiger partial charge >= 0.3 is 0 Å². The van der Waals surface area contributed by atoms with Crippen LogP contribution in [0.2, 0.25) is 0 Å². The van der Waals surface area contributed by atoms with Crippen LogP contribution in [0.15, 0.2) is 0 Å². The third-order valence-corrected chi connectivity index (χ3v) is 7.91. The van der Waals surface area contributed by atoms with Crippen molar-refractivity contribution in [2.45, 2.75) is 63.5 Å². The Balaban J connectivity index is 1.57. The molecule has 0 unspecified atom stereocenters. The number of carbonyl (C=O) groups excluding carboxylic acids is 2. The van der Waals surface area contributed by atoms with Gasteiger partial charge in [0.2, 0.25) is 15.9 Å². The predicted octanol–water partition coefficient (Wildman–Crippen LogP) is 0.724. The van der Waals surface area contributed by atoms with Crippen molar-refractivity contribution in [1.29, 1.82) is 0 Å². The molecule has 2 heterocycles. The highest BCUT2D eigenvalue weighted by Crippen LogP contribution is 2.27. The van der Waals surface area contributed by atoms with Crippen molar-refractivity contribution >= 4 is 21.8 Å². The van der Waals surface area contributed by atoms with Gasteiger partial charge < -0.3 is 10.1 Å². The fourth-order valence-electron chi connectivity index (χ4n) is 4.70. The number of amides is 2. The first-order valence-corrected chi connectivity index (χ1v) is 12.1. The molecule has 0 spiro atoms. The Hall–Kier alpha value is -1.19. The summed E-state index contributed by atoms with van der Waals surface area (Å²) in [5.74, 6) is 0.110. The molecule has 2 amide bonds. The Morgan fingerprint density at radius 1 is 1.25 bits per heavy atom. The number of hydrogen-bond acceptors (Lipinski definition) is 6. The van der Waals surface area contributed by atoms with Crippen LogP contribution in [0.5, 0.6) is 0 Å². The standard InChI is InChI=1S/C19H33N3O5S/c1-27-10-5-8-22-19(24)17-13-16(14-21(17)9-11-28(22,25)26)20-18(23)12-15-6-3-2-4-7-15/h15-17H,2-14H2,1H3,(H,20,23)/t16-,17-/m0/s1. The van der Waals surface area contributed by atoms with Gasteiger partial charge in [-0.25, -0.2) is 12.7 Å². The highest BCUT2D eigenvalue weighted by molar-refractivity contribution is 7.89. The lowest BCUT2D eigenvalue weighted by molar-refractivity contribution is -0.130. The number of carbonyl (C=O) groups is 2. The smallest absolute Gasteiger partial charge is 0.253 e. The SMILES string of the molecule is COCCCN1C(=O)[C@@H]2C[C@H](NC(=O)CC3CCCCC3)CN2CCS1(=O)=O. The number of methoxy groups -OCH3 is 1. The van der Waals surface area contributed by atoms with E-state index >= 15 is 0 Å². The third kappa shape index (κ3) is 5.24. The van der Waals surface area contributed by atoms with Gasteiger partial charge in [0, 0.05) is 45.8 Å². The zero-order chi connectivity index (χ0) is 20.1. The van der Waals surface area contributed by atoms with Crippen LogP contribution in [0.25, 0.3) is 0 Å². The molecule has 0 aromatic carbocycles. The molecule has 0 radical (unpaired) electrons. The number of sulfonamides is 1. The molecule has 0 aromatic rings. The predicted molar refractivity (Wildman–Crippen MR) is 105 cm³/mol. The first-order valence-electron chi connectivity index (χ1n) is 10.5. The van der Waals surface area contributed by atoms with Gasteiger partial charge in [-0.2, -0.15) is 0 Å². The number of hydrogen-bond donors (Lipinski definition) is 1. The minimum absolute atomic E-state index is 0.0616. The van der Waals surface area contributed by atoms with Crippen molar-refractivity contribution in [3.8, 4) is 0 Å². The first kappa shape index (κ1) is 21.5. The Labute approximate surface area is 168 Å². The number of fused-ring (bicyclic) bond motifs is 1. The topological polar surface area (TPSA) is 96.0 Å². The maximum Gasteiger partial charge on any atom is 0.253 e. The van der Waals surface area contributed by atoms with Crippen molar-refractivity contribution < 1.29 is 22.7 Å². The summed E-state index contributed by atoms with van der Waals surface area (Å²) in [4.78, 5) is 27.3. The van der Waals surface area contributed by atoms with Crippen LogP contribution in [0.4, 0.5) is 0 Å². The average molecular weight is 416 g/mol. The zero-order valence-corrected chi connectivity index (χ0v) is 17.6. The van der Waals surface area contributed by atoms with Gasteiger partial charge in [-0.3, -0.25) is 14.5 Å². The summed E-state index contributed by atoms with van der Waals surface area (Å²) in [6.45, 7) is 1.42. The van der Waals surface area contributed by atoms with E-state index in [2.05, 4.69) is 5.32 Å². The van der Waals surface area contributed by atoms with E-state index in [0.29, 0.717) is 44.9 Å². The molecule has 0 bridgehead atoms. The van der Waals surface area contributed by atoms with Crippen molar-refractivity contribution in [2.24, 2.45) is 5.92 Å². The Morgan fingerprint density at radius 2 is 2.00 bits per heavy atom. The van der Waals surface area contributed by atoms with Crippen LogP contribution in [0.1, 0.15) is 51.4 Å². The second kappa shape index (κ2) is 9.54. The molecule has 8 nitrogen and oxygen atoms in total. The molecule has 2 aliphatic heterocycles. The van der Waals surface area contributed by atoms with E-state index in [4.69, 9.17) is 4.74 Å². The molecule has 0 aromatic heterocycles. The second-order valence-electron chi connectivity index (χ2n) is 8.29. The molecule has 9 heteroatoms. The van der Waals surface area contributed by atoms with Crippen molar-refractivity contribution in [1.82, 2.24) is 14.5 Å². The lowest BCUT2D eigenvalue weighted by Crippen LogP contribution is -2.44. The molecular formula is C19H33N3O5S. The minimum Gasteiger partial charge on any atom is -0.385 e. The highest BCUT2D eigenvalue weighted by atomic mass is 32.2. The molecule has 3 fully saturated rings. The van der Waals surface area contributed by atoms with Crippen molar-refractivity contribution in [3.05, 3.63) is 0 Å². The highest BCUT2D eigenvalue weighted by Gasteiger charge is 2.45. The number of nitrogens with one attached hydrogen (secondary N) is 1. The summed E-state index contributed by atoms with van der Waals surface area (Å²) in [5, 5.41) is 3.09. The van der Waals surface area contributed by atoms with Gasteiger partial charge in [-0.15, -0.1) is 0 Å². The lowest BCUT2D eigenvalue weighted by atomic mass is 9.87. The van der Waals surface area contributed by atoms with Gasteiger partial charge in [-0.1, -0.05) is 19.3 Å². The first-order chi connectivity index (χ1) is 13.4. The van der Waals surface area contributed by atoms with E-state index in [1.54, 1.807) is 7.11 Å². The molecule has 1 N–H and O–H groups in total. The Kier molecular flexibility index (Phi) is 7.33. The monoisotopic (exact) mass is 415 g/mol. The normalized spacial score (nSPS) is 28.8. The van der Waals surface area contributed by atoms with Crippen molar-refractivity contribution in [2.75, 3.05) is 39.1 Å². The molecule has 2 saturated heterocycles. The number of nitrogens with zero attached hydrogens (tertiary/aromatic N) is 2. The van der Waals surface area contributed by atoms with Gasteiger partial charge in [0.15, 0.2) is 0 Å². The summed E-state index contributed by atoms with van der Waals surface area (Å²) in [7, 11) is -2.04. The summed E-state index contributed by atoms with van der Waals surface area (Å²) in [6.07, 6.45) is 7.45. The molecule has 2 atom stereocenters. The lowest BCUT2D eigenvalue weighted by Gasteiger charge is -2.24. The second-order valence-corrected chi connectivity index (χ2v) is 10.3. The van der Waals surface area contributed by atoms with Crippen LogP contribution in [0.3, 0.4) is 0 Å². The van der Waals surface area contributed by atoms with Gasteiger partial charge in [0.1, 0.15) is 0 Å². The summed E-state index contributed by atoms with van der Waals surface area (Å²) < 4.78 is 31.0. The van der Waals surface area contributed by atoms with Gasteiger partial charge in [0.25, 0.3) is 5.91 Å². The maximum absolute atomic E-state index is 12.9. The molecular weight excluding hydrogens is 382 g/mol. The fraction of sp³-hybridized carbons (Fsp3) is 0.895. The van der Waals surface area contributed by atoms with Crippen LogP contribution in [-0.4, -0.2) is 80.6 Å². The van der Waals surface area contributed by atoms with Gasteiger partial charge in [0.05, 0.1) is 11.8 Å². The van der Waals surface area contributed by atoms with E-state index in [1.807, 2.05) is 4.90 Å². The number of ether oxygens (including phenoxy) is 1. The molecule has 1 saturated carbocycles. The van der Waals surface area contributed by atoms with Crippen LogP contribution >= 0.6 is 0 Å². The van der Waals surface area contributed by atoms with E-state index in [9.17, 15) is 18.0 Å². The average Bonchev–Trinajstić information content (AvgIpc) is 3.03. The van der Waals surface area contributed by atoms with Crippen LogP contribution in [-0.2, 0) is 24.3 Å². The van der Waals surface area contributed by atoms with Crippen LogP contribution in [0, 0.1) is 5.92 Å². The molecule has 1 aliphatic carbocycles. The van der Waals surface area contributed by atoms with Crippen LogP contribution < -0.4 is 5.32 Å². The Bertz CT molecular complexity index is 662. The van der Waals surface area contributed by atoms with E-state index in [-0.39, 0.29) is 30.2 Å². The molecule has 160 valence electrons. The Morgan fingerprint density at radius 3 is 2.71 bits per heavy atom. The van der Waals surface area contributed by atoms with Gasteiger partial charge in [-0.05, 0) is 31.6 Å². The summed E-state index contributed by atoms with van der Waals surface area (Å²) >= 11 is 0. The van der Waals surface area contributed by atoms with E-state index < -0.39 is 16.1 Å². The van der Waals surface area contributed by atoms with E-state index in [1.165, 1.54) is 19.3 Å². The minimum atomic E-state index is -3.59. The molecule has 3 aliphatic rings. The zero-order valence-electron chi connectivity index (χ0n) is 16.8. The maximum atomic E-state index is 12.9. The van der Waals surface area contributed by atoms with E-state index in [0.717, 1.165) is 17.1 Å².